The number of aliphatic imine (C=N–C) groups is 1. The first-order valence-electron chi connectivity index (χ1n) is 18.9. The van der Waals surface area contributed by atoms with Crippen molar-refractivity contribution in [3.63, 3.8) is 0 Å². The molecule has 20 nitrogen and oxygen atoms in total. The van der Waals surface area contributed by atoms with E-state index in [9.17, 15) is 43.5 Å². The fourth-order valence-electron chi connectivity index (χ4n) is 6.82. The van der Waals surface area contributed by atoms with Gasteiger partial charge in [0.25, 0.3) is 0 Å². The summed E-state index contributed by atoms with van der Waals surface area (Å²) in [5.41, 5.74) is 28.0. The third-order valence-electron chi connectivity index (χ3n) is 9.88. The molecule has 2 fully saturated rings. The maximum absolute atomic E-state index is 14.3. The Kier molecular flexibility index (Phi) is 18.7. The number of unbranched alkanes of at least 4 members (excludes halogenated alkanes) is 1. The number of carbonyl (C=O) groups is 8. The molecule has 316 valence electrons. The first-order valence-corrected chi connectivity index (χ1v) is 21.4. The van der Waals surface area contributed by atoms with Gasteiger partial charge in [0, 0.05) is 68.7 Å². The van der Waals surface area contributed by atoms with Gasteiger partial charge in [0.05, 0.1) is 23.6 Å². The zero-order valence-electron chi connectivity index (χ0n) is 31.8. The lowest BCUT2D eigenvalue weighted by Crippen LogP contribution is -2.51. The van der Waals surface area contributed by atoms with Crippen LogP contribution in [0.25, 0.3) is 0 Å². The summed E-state index contributed by atoms with van der Waals surface area (Å²) in [5, 5.41) is 22.5. The maximum Gasteiger partial charge on any atom is 0.327 e. The number of carboxylic acids is 1. The van der Waals surface area contributed by atoms with Gasteiger partial charge >= 0.3 is 5.97 Å². The van der Waals surface area contributed by atoms with Gasteiger partial charge in [-0.1, -0.05) is 34.1 Å². The molecule has 14 N–H and O–H groups in total. The first-order chi connectivity index (χ1) is 27.0. The largest absolute Gasteiger partial charge is 0.480 e. The van der Waals surface area contributed by atoms with Crippen LogP contribution in [-0.4, -0.2) is 129 Å². The molecule has 0 aromatic rings. The second-order valence-electron chi connectivity index (χ2n) is 14.3. The Bertz CT molecular complexity index is 1610. The summed E-state index contributed by atoms with van der Waals surface area (Å²) < 4.78 is 0. The predicted molar refractivity (Wildman–Crippen MR) is 214 cm³/mol. The van der Waals surface area contributed by atoms with Crippen molar-refractivity contribution in [2.45, 2.75) is 101 Å². The molecule has 0 spiro atoms. The van der Waals surface area contributed by atoms with Crippen molar-refractivity contribution in [3.05, 3.63) is 11.8 Å². The molecule has 0 aromatic heterocycles. The van der Waals surface area contributed by atoms with E-state index >= 15 is 0 Å². The molecule has 0 saturated carbocycles. The van der Waals surface area contributed by atoms with Crippen molar-refractivity contribution in [1.29, 1.82) is 5.41 Å². The van der Waals surface area contributed by atoms with E-state index in [1.165, 1.54) is 9.80 Å². The molecule has 3 aliphatic heterocycles. The maximum atomic E-state index is 14.3. The Balaban J connectivity index is 2.00. The third-order valence-corrected chi connectivity index (χ3v) is 12.3. The number of hydrogen-bond acceptors (Lipinski definition) is 13. The van der Waals surface area contributed by atoms with Gasteiger partial charge in [-0.3, -0.25) is 44.0 Å². The van der Waals surface area contributed by atoms with Crippen molar-refractivity contribution < 1.29 is 43.5 Å². The van der Waals surface area contributed by atoms with Crippen LogP contribution in [0, 0.1) is 17.2 Å². The van der Waals surface area contributed by atoms with Crippen molar-refractivity contribution in [2.75, 3.05) is 31.1 Å². The Hall–Kier alpha value is -4.70. The zero-order valence-corrected chi connectivity index (χ0v) is 33.5. The summed E-state index contributed by atoms with van der Waals surface area (Å²) in [6, 6.07) is -4.77. The molecule has 3 aliphatic rings. The molecule has 0 bridgehead atoms. The van der Waals surface area contributed by atoms with Gasteiger partial charge < -0.3 is 54.2 Å². The van der Waals surface area contributed by atoms with Crippen molar-refractivity contribution in [1.82, 2.24) is 20.4 Å². The lowest BCUT2D eigenvalue weighted by Gasteiger charge is -2.32. The summed E-state index contributed by atoms with van der Waals surface area (Å²) in [6.07, 6.45) is 2.88. The lowest BCUT2D eigenvalue weighted by molar-refractivity contribution is -0.146. The number of hydrogen-bond donors (Lipinski definition) is 9. The number of nitrogens with one attached hydrogen (secondary N) is 3. The highest BCUT2D eigenvalue weighted by molar-refractivity contribution is 8.76. The second-order valence-corrected chi connectivity index (χ2v) is 16.8. The van der Waals surface area contributed by atoms with Gasteiger partial charge in [-0.15, -0.1) is 0 Å². The van der Waals surface area contributed by atoms with Gasteiger partial charge in [0.2, 0.25) is 29.5 Å². The van der Waals surface area contributed by atoms with Gasteiger partial charge in [-0.25, -0.2) is 4.79 Å². The summed E-state index contributed by atoms with van der Waals surface area (Å²) in [7, 11) is 2.07. The molecular weight excluding hydrogens is 783 g/mol. The van der Waals surface area contributed by atoms with Crippen molar-refractivity contribution >= 4 is 80.5 Å². The summed E-state index contributed by atoms with van der Waals surface area (Å²) in [4.78, 5) is 114. The Morgan fingerprint density at radius 1 is 0.877 bits per heavy atom. The molecule has 3 heterocycles. The number of carboxylic acid groups (broad SMARTS) is 1. The number of aliphatic carboxylic acids is 1. The van der Waals surface area contributed by atoms with Crippen LogP contribution in [0.3, 0.4) is 0 Å². The molecule has 22 heteroatoms. The SMILES string of the molecule is N=C(N)CCCC[C@H]1CC(=O)[C@H](CCC(N)=O)NC(=O)[C@@H](N)CSSC[C@H](C(=O)O)NC(=O)[C@@H](CCN=C(N)N)CC(=O)C2=CCCN2C(=O)[C@H]2CCCN2C1=O. The highest BCUT2D eigenvalue weighted by Gasteiger charge is 2.42. The Labute approximate surface area is 338 Å². The van der Waals surface area contributed by atoms with E-state index in [1.807, 2.05) is 0 Å². The topological polar surface area (TPSA) is 354 Å². The number of amides is 5. The zero-order chi connectivity index (χ0) is 42.2. The summed E-state index contributed by atoms with van der Waals surface area (Å²) >= 11 is 0. The van der Waals surface area contributed by atoms with E-state index in [1.54, 1.807) is 6.08 Å². The molecule has 5 amide bonds. The molecule has 6 atom stereocenters. The number of allylic oxidation sites excluding steroid dienone is 1. The Morgan fingerprint density at radius 2 is 1.60 bits per heavy atom. The lowest BCUT2D eigenvalue weighted by atomic mass is 9.90. The number of amidine groups is 1. The highest BCUT2D eigenvalue weighted by Crippen LogP contribution is 2.30. The van der Waals surface area contributed by atoms with Crippen LogP contribution in [-0.2, 0) is 38.4 Å². The Morgan fingerprint density at radius 3 is 2.26 bits per heavy atom. The molecule has 2 saturated heterocycles. The molecule has 0 radical (unpaired) electrons. The predicted octanol–water partition coefficient (Wildman–Crippen LogP) is -1.55. The minimum Gasteiger partial charge on any atom is -0.480 e. The van der Waals surface area contributed by atoms with Crippen LogP contribution in [0.5, 0.6) is 0 Å². The molecule has 0 unspecified atom stereocenters. The van der Waals surface area contributed by atoms with Crippen LogP contribution in [0.4, 0.5) is 0 Å². The number of nitrogens with zero attached hydrogens (tertiary/aromatic N) is 3. The number of primary amides is 1. The highest BCUT2D eigenvalue weighted by atomic mass is 33.1. The van der Waals surface area contributed by atoms with Crippen LogP contribution in [0.1, 0.15) is 77.0 Å². The van der Waals surface area contributed by atoms with Crippen LogP contribution in [0.2, 0.25) is 0 Å². The van der Waals surface area contributed by atoms with E-state index < -0.39 is 89.5 Å². The molecule has 0 aromatic carbocycles. The number of rotatable bonds is 12. The quantitative estimate of drug-likeness (QED) is 0.0465. The number of ketones is 2. The van der Waals surface area contributed by atoms with E-state index in [4.69, 9.17) is 34.1 Å². The monoisotopic (exact) mass is 837 g/mol. The average Bonchev–Trinajstić information content (AvgIpc) is 3.85. The third kappa shape index (κ3) is 14.6. The van der Waals surface area contributed by atoms with E-state index in [0.717, 1.165) is 21.6 Å². The summed E-state index contributed by atoms with van der Waals surface area (Å²) in [5.74, 6) is -8.07. The first kappa shape index (κ1) is 46.7. The number of nitrogens with two attached hydrogens (primary N) is 5. The fraction of sp³-hybridized carbons (Fsp3) is 0.657. The van der Waals surface area contributed by atoms with Crippen LogP contribution >= 0.6 is 21.6 Å². The number of carbonyl (C=O) groups excluding carboxylic acids is 7. The van der Waals surface area contributed by atoms with Crippen molar-refractivity contribution in [3.8, 4) is 0 Å². The van der Waals surface area contributed by atoms with Gasteiger partial charge in [-0.05, 0) is 44.9 Å². The minimum atomic E-state index is -1.40. The van der Waals surface area contributed by atoms with Gasteiger partial charge in [0.1, 0.15) is 12.1 Å². The van der Waals surface area contributed by atoms with Crippen molar-refractivity contribution in [2.24, 2.45) is 45.5 Å². The molecule has 3 rings (SSSR count). The average molecular weight is 838 g/mol. The number of guanidine groups is 1. The number of Topliss-reactive ketones (excluding diaryl/α,β-unsaturated/α-hetero) is 2. The van der Waals surface area contributed by atoms with E-state index in [2.05, 4.69) is 15.6 Å². The van der Waals surface area contributed by atoms with Gasteiger partial charge in [0.15, 0.2) is 17.5 Å². The standard InChI is InChI=1S/C35H55N11O9S2/c36-21-17-56-57-18-23(34(54)55)44-30(50)19(11-12-42-35(40)41)15-27(48)24-6-3-13-45(24)33(53)25-7-4-14-46(25)32(52)20(5-1-2-8-28(37)38)16-26(47)22(43-31(21)51)9-10-29(39)49/h6,19-23,25H,1-5,7-18,36H2,(H3,37,38)(H2,39,49)(H,43,51)(H,44,50)(H,54,55)(H4,40,41,42)/t19-,20-,21-,22-,23+,25+/m0/s1. The van der Waals surface area contributed by atoms with Crippen LogP contribution in [0.15, 0.2) is 16.8 Å². The number of fused-ring (bicyclic) bond motifs is 2. The van der Waals surface area contributed by atoms with Gasteiger partial charge in [-0.2, -0.15) is 0 Å². The molecular formula is C35H55N11O9S2. The molecule has 57 heavy (non-hydrogen) atoms. The van der Waals surface area contributed by atoms with Crippen LogP contribution < -0.4 is 39.3 Å². The normalized spacial score (nSPS) is 26.2. The van der Waals surface area contributed by atoms with E-state index in [0.29, 0.717) is 32.1 Å². The second kappa shape index (κ2) is 22.9. The minimum absolute atomic E-state index is 0.0211. The molecule has 0 aliphatic carbocycles. The van der Waals surface area contributed by atoms with E-state index in [-0.39, 0.29) is 87.2 Å². The fourth-order valence-corrected chi connectivity index (χ4v) is 9.10. The summed E-state index contributed by atoms with van der Waals surface area (Å²) in [6.45, 7) is 0.312. The smallest absolute Gasteiger partial charge is 0.327 e.